The van der Waals surface area contributed by atoms with Gasteiger partial charge in [-0.25, -0.2) is 4.39 Å². The number of benzene rings is 2. The third-order valence-corrected chi connectivity index (χ3v) is 5.46. The molecule has 0 radical (unpaired) electrons. The Morgan fingerprint density at radius 2 is 1.79 bits per heavy atom. The van der Waals surface area contributed by atoms with E-state index >= 15 is 0 Å². The molecule has 2 aromatic carbocycles. The Kier molecular flexibility index (Phi) is 5.66. The highest BCUT2D eigenvalue weighted by Gasteiger charge is 2.25. The van der Waals surface area contributed by atoms with Crippen molar-refractivity contribution in [3.8, 4) is 11.5 Å². The van der Waals surface area contributed by atoms with Crippen LogP contribution in [0.25, 0.3) is 0 Å². The van der Waals surface area contributed by atoms with Crippen molar-refractivity contribution in [2.75, 3.05) is 44.8 Å². The maximum absolute atomic E-state index is 13.2. The maximum atomic E-state index is 13.2. The van der Waals surface area contributed by atoms with Gasteiger partial charge in [-0.3, -0.25) is 4.79 Å². The van der Waals surface area contributed by atoms with Gasteiger partial charge in [-0.15, -0.1) is 0 Å². The lowest BCUT2D eigenvalue weighted by molar-refractivity contribution is -1.02. The van der Waals surface area contributed by atoms with Crippen molar-refractivity contribution >= 4 is 23.2 Å². The number of anilines is 1. The quantitative estimate of drug-likeness (QED) is 0.660. The third kappa shape index (κ3) is 4.55. The predicted molar refractivity (Wildman–Crippen MR) is 103 cm³/mol. The van der Waals surface area contributed by atoms with Gasteiger partial charge < -0.3 is 24.6 Å². The van der Waals surface area contributed by atoms with Crippen LogP contribution in [-0.4, -0.2) is 45.4 Å². The topological polar surface area (TPSA) is 56.4 Å². The van der Waals surface area contributed by atoms with Gasteiger partial charge in [0.15, 0.2) is 18.0 Å². The van der Waals surface area contributed by atoms with Crippen molar-refractivity contribution in [1.29, 1.82) is 0 Å². The molecule has 1 amide bonds. The number of piperazine rings is 1. The molecule has 0 aliphatic carbocycles. The van der Waals surface area contributed by atoms with Crippen LogP contribution in [0, 0.1) is 5.82 Å². The van der Waals surface area contributed by atoms with Gasteiger partial charge in [0.1, 0.15) is 38.5 Å². The standard InChI is InChI=1S/C20H21ClFN3O3/c21-16-10-15(2-3-17(16)22)23-20(26)12-25-7-5-24(6-8-25)11-14-1-4-18-19(9-14)28-13-27-18/h1-4,9-10H,5-8,11-13H2,(H,23,26)/p+2. The van der Waals surface area contributed by atoms with Gasteiger partial charge in [0.25, 0.3) is 5.91 Å². The second kappa shape index (κ2) is 8.34. The highest BCUT2D eigenvalue weighted by Crippen LogP contribution is 2.32. The van der Waals surface area contributed by atoms with Crippen LogP contribution in [0.3, 0.4) is 0 Å². The fourth-order valence-electron chi connectivity index (χ4n) is 3.66. The van der Waals surface area contributed by atoms with Gasteiger partial charge in [0.05, 0.1) is 5.02 Å². The number of nitrogens with one attached hydrogen (secondary N) is 3. The van der Waals surface area contributed by atoms with Crippen molar-refractivity contribution in [1.82, 2.24) is 0 Å². The van der Waals surface area contributed by atoms with E-state index in [1.807, 2.05) is 6.07 Å². The van der Waals surface area contributed by atoms with Crippen molar-refractivity contribution in [2.24, 2.45) is 0 Å². The molecule has 6 nitrogen and oxygen atoms in total. The first kappa shape index (κ1) is 19.0. The molecule has 0 atom stereocenters. The molecular formula is C20H23ClFN3O3+2. The third-order valence-electron chi connectivity index (χ3n) is 5.17. The predicted octanol–water partition coefficient (Wildman–Crippen LogP) is 0.130. The number of hydrogen-bond acceptors (Lipinski definition) is 3. The van der Waals surface area contributed by atoms with Crippen molar-refractivity contribution in [3.63, 3.8) is 0 Å². The molecule has 2 aromatic rings. The largest absolute Gasteiger partial charge is 0.454 e. The lowest BCUT2D eigenvalue weighted by Crippen LogP contribution is -3.28. The van der Waals surface area contributed by atoms with Gasteiger partial charge in [0, 0.05) is 11.3 Å². The van der Waals surface area contributed by atoms with Crippen LogP contribution >= 0.6 is 11.6 Å². The number of carbonyl (C=O) groups is 1. The van der Waals surface area contributed by atoms with Crippen LogP contribution in [-0.2, 0) is 11.3 Å². The summed E-state index contributed by atoms with van der Waals surface area (Å²) in [6, 6.07) is 10.3. The first-order valence-electron chi connectivity index (χ1n) is 9.37. The van der Waals surface area contributed by atoms with E-state index in [4.69, 9.17) is 21.1 Å². The summed E-state index contributed by atoms with van der Waals surface area (Å²) in [5.41, 5.74) is 1.75. The van der Waals surface area contributed by atoms with Crippen LogP contribution in [0.2, 0.25) is 5.02 Å². The fraction of sp³-hybridized carbons (Fsp3) is 0.350. The summed E-state index contributed by atoms with van der Waals surface area (Å²) in [5, 5.41) is 2.79. The van der Waals surface area contributed by atoms with E-state index in [1.54, 1.807) is 0 Å². The van der Waals surface area contributed by atoms with Gasteiger partial charge in [-0.05, 0) is 36.4 Å². The van der Waals surface area contributed by atoms with Crippen LogP contribution < -0.4 is 24.6 Å². The molecule has 4 rings (SSSR count). The smallest absolute Gasteiger partial charge is 0.279 e. The van der Waals surface area contributed by atoms with Gasteiger partial charge in [-0.2, -0.15) is 0 Å². The summed E-state index contributed by atoms with van der Waals surface area (Å²) < 4.78 is 24.0. The minimum atomic E-state index is -0.494. The van der Waals surface area contributed by atoms with Gasteiger partial charge in [0.2, 0.25) is 6.79 Å². The SMILES string of the molecule is O=C(C[NH+]1CC[NH+](Cc2ccc3c(c2)OCO3)CC1)Nc1ccc(F)c(Cl)c1. The second-order valence-electron chi connectivity index (χ2n) is 7.22. The van der Waals surface area contributed by atoms with Gasteiger partial charge in [-0.1, -0.05) is 11.6 Å². The zero-order valence-corrected chi connectivity index (χ0v) is 16.2. The van der Waals surface area contributed by atoms with Crippen LogP contribution in [0.15, 0.2) is 36.4 Å². The Morgan fingerprint density at radius 1 is 1.04 bits per heavy atom. The summed E-state index contributed by atoms with van der Waals surface area (Å²) in [6.07, 6.45) is 0. The molecule has 2 aliphatic rings. The number of rotatable bonds is 5. The molecule has 3 N–H and O–H groups in total. The average molecular weight is 408 g/mol. The average Bonchev–Trinajstić information content (AvgIpc) is 3.14. The van der Waals surface area contributed by atoms with Crippen molar-refractivity contribution < 1.29 is 28.5 Å². The Morgan fingerprint density at radius 3 is 2.57 bits per heavy atom. The lowest BCUT2D eigenvalue weighted by Gasteiger charge is -2.29. The van der Waals surface area contributed by atoms with Crippen LogP contribution in [0.5, 0.6) is 11.5 Å². The molecule has 0 unspecified atom stereocenters. The number of halogens is 2. The highest BCUT2D eigenvalue weighted by atomic mass is 35.5. The summed E-state index contributed by atoms with van der Waals surface area (Å²) in [6.45, 7) is 5.48. The molecule has 2 heterocycles. The Bertz CT molecular complexity index is 872. The van der Waals surface area contributed by atoms with E-state index in [1.165, 1.54) is 33.6 Å². The monoisotopic (exact) mass is 407 g/mol. The molecular weight excluding hydrogens is 385 g/mol. The summed E-state index contributed by atoms with van der Waals surface area (Å²) in [4.78, 5) is 15.0. The van der Waals surface area contributed by atoms with Gasteiger partial charge >= 0.3 is 0 Å². The number of carbonyl (C=O) groups excluding carboxylic acids is 1. The minimum Gasteiger partial charge on any atom is -0.454 e. The summed E-state index contributed by atoms with van der Waals surface area (Å²) in [5.74, 6) is 1.05. The van der Waals surface area contributed by atoms with Crippen LogP contribution in [0.1, 0.15) is 5.56 Å². The molecule has 8 heteroatoms. The molecule has 28 heavy (non-hydrogen) atoms. The zero-order chi connectivity index (χ0) is 19.5. The highest BCUT2D eigenvalue weighted by molar-refractivity contribution is 6.31. The first-order chi connectivity index (χ1) is 13.6. The summed E-state index contributed by atoms with van der Waals surface area (Å²) >= 11 is 5.75. The normalized spacial score (nSPS) is 20.8. The minimum absolute atomic E-state index is 0.00544. The molecule has 148 valence electrons. The number of amides is 1. The summed E-state index contributed by atoms with van der Waals surface area (Å²) in [7, 11) is 0. The van der Waals surface area contributed by atoms with E-state index in [9.17, 15) is 9.18 Å². The number of fused-ring (bicyclic) bond motifs is 1. The molecule has 0 bridgehead atoms. The fourth-order valence-corrected chi connectivity index (χ4v) is 3.84. The molecule has 0 aromatic heterocycles. The lowest BCUT2D eigenvalue weighted by atomic mass is 10.1. The zero-order valence-electron chi connectivity index (χ0n) is 15.4. The van der Waals surface area contributed by atoms with Crippen molar-refractivity contribution in [2.45, 2.75) is 6.54 Å². The number of ether oxygens (including phenoxy) is 2. The van der Waals surface area contributed by atoms with E-state index < -0.39 is 5.82 Å². The Labute approximate surface area is 167 Å². The van der Waals surface area contributed by atoms with E-state index in [-0.39, 0.29) is 10.9 Å². The molecule has 1 fully saturated rings. The van der Waals surface area contributed by atoms with E-state index in [0.29, 0.717) is 19.0 Å². The molecule has 1 saturated heterocycles. The molecule has 0 saturated carbocycles. The maximum Gasteiger partial charge on any atom is 0.279 e. The van der Waals surface area contributed by atoms with E-state index in [0.717, 1.165) is 44.2 Å². The second-order valence-corrected chi connectivity index (χ2v) is 7.63. The number of quaternary nitrogens is 2. The van der Waals surface area contributed by atoms with Crippen LogP contribution in [0.4, 0.5) is 10.1 Å². The molecule has 2 aliphatic heterocycles. The number of hydrogen-bond donors (Lipinski definition) is 3. The van der Waals surface area contributed by atoms with E-state index in [2.05, 4.69) is 17.4 Å². The first-order valence-corrected chi connectivity index (χ1v) is 9.75. The molecule has 0 spiro atoms. The Balaban J connectivity index is 1.23. The van der Waals surface area contributed by atoms with Crippen molar-refractivity contribution in [3.05, 3.63) is 52.8 Å². The Hall–Kier alpha value is -2.35.